The van der Waals surface area contributed by atoms with Gasteiger partial charge in [0.15, 0.2) is 0 Å². The van der Waals surface area contributed by atoms with E-state index >= 15 is 0 Å². The van der Waals surface area contributed by atoms with Crippen molar-refractivity contribution in [1.29, 1.82) is 0 Å². The summed E-state index contributed by atoms with van der Waals surface area (Å²) in [6, 6.07) is 10.1. The molecule has 0 amide bonds. The van der Waals surface area contributed by atoms with Crippen molar-refractivity contribution >= 4 is 0 Å². The molecule has 0 N–H and O–H groups in total. The molecule has 0 saturated carbocycles. The van der Waals surface area contributed by atoms with E-state index in [0.717, 1.165) is 12.2 Å². The predicted octanol–water partition coefficient (Wildman–Crippen LogP) is 3.57. The van der Waals surface area contributed by atoms with Crippen molar-refractivity contribution in [3.63, 3.8) is 0 Å². The highest BCUT2D eigenvalue weighted by Crippen LogP contribution is 2.20. The van der Waals surface area contributed by atoms with E-state index in [-0.39, 0.29) is 0 Å². The van der Waals surface area contributed by atoms with Crippen molar-refractivity contribution < 1.29 is 0 Å². The van der Waals surface area contributed by atoms with Crippen molar-refractivity contribution in [3.05, 3.63) is 76.6 Å². The van der Waals surface area contributed by atoms with Crippen molar-refractivity contribution in [1.82, 2.24) is 4.90 Å². The molecule has 0 atom stereocenters. The van der Waals surface area contributed by atoms with Crippen LogP contribution in [0.4, 0.5) is 0 Å². The first-order chi connectivity index (χ1) is 8.31. The molecule has 86 valence electrons. The van der Waals surface area contributed by atoms with Crippen LogP contribution < -0.4 is 0 Å². The van der Waals surface area contributed by atoms with E-state index in [4.69, 9.17) is 0 Å². The highest BCUT2D eigenvalue weighted by molar-refractivity contribution is 5.32. The Kier molecular flexibility index (Phi) is 3.50. The molecule has 1 aromatic carbocycles. The fourth-order valence-corrected chi connectivity index (χ4v) is 1.77. The monoisotopic (exact) mass is 226 g/mol. The SMILES string of the molecule is CC(N=O)=C1C=CC=CN1Cc1ccccc1. The van der Waals surface area contributed by atoms with E-state index in [2.05, 4.69) is 17.3 Å². The first-order valence-corrected chi connectivity index (χ1v) is 5.51. The second-order valence-electron chi connectivity index (χ2n) is 3.88. The van der Waals surface area contributed by atoms with Gasteiger partial charge in [0.25, 0.3) is 0 Å². The molecule has 3 heteroatoms. The molecule has 0 radical (unpaired) electrons. The van der Waals surface area contributed by atoms with Gasteiger partial charge in [-0.2, -0.15) is 0 Å². The Morgan fingerprint density at radius 1 is 1.24 bits per heavy atom. The van der Waals surface area contributed by atoms with Gasteiger partial charge in [0, 0.05) is 12.7 Å². The summed E-state index contributed by atoms with van der Waals surface area (Å²) in [5, 5.41) is 3.01. The maximum atomic E-state index is 10.6. The summed E-state index contributed by atoms with van der Waals surface area (Å²) < 4.78 is 0. The Morgan fingerprint density at radius 2 is 2.00 bits per heavy atom. The molecule has 0 bridgehead atoms. The highest BCUT2D eigenvalue weighted by atomic mass is 16.3. The van der Waals surface area contributed by atoms with Gasteiger partial charge in [-0.1, -0.05) is 36.4 Å². The zero-order chi connectivity index (χ0) is 12.1. The molecule has 1 aliphatic rings. The fraction of sp³-hybridized carbons (Fsp3) is 0.143. The molecule has 0 spiro atoms. The van der Waals surface area contributed by atoms with Crippen molar-refractivity contribution in [3.8, 4) is 0 Å². The fourth-order valence-electron chi connectivity index (χ4n) is 1.77. The quantitative estimate of drug-likeness (QED) is 0.738. The van der Waals surface area contributed by atoms with Crippen LogP contribution in [-0.4, -0.2) is 4.90 Å². The molecule has 3 nitrogen and oxygen atoms in total. The van der Waals surface area contributed by atoms with Crippen LogP contribution >= 0.6 is 0 Å². The van der Waals surface area contributed by atoms with Crippen LogP contribution in [-0.2, 0) is 6.54 Å². The standard InChI is InChI=1S/C14H14N2O/c1-12(15-17)14-9-5-6-10-16(14)11-13-7-3-2-4-8-13/h2-10H,11H2,1H3. The van der Waals surface area contributed by atoms with Crippen LogP contribution in [0.5, 0.6) is 0 Å². The molecular formula is C14H14N2O. The van der Waals surface area contributed by atoms with E-state index in [1.165, 1.54) is 5.56 Å². The first kappa shape index (κ1) is 11.3. The molecule has 0 saturated heterocycles. The molecule has 0 aliphatic carbocycles. The number of rotatable bonds is 3. The Labute approximate surface area is 101 Å². The minimum absolute atomic E-state index is 0.501. The molecule has 1 aromatic rings. The Morgan fingerprint density at radius 3 is 2.71 bits per heavy atom. The van der Waals surface area contributed by atoms with Crippen LogP contribution in [0.15, 0.2) is 71.3 Å². The largest absolute Gasteiger partial charge is 0.342 e. The maximum Gasteiger partial charge on any atom is 0.105 e. The average Bonchev–Trinajstić information content (AvgIpc) is 2.40. The van der Waals surface area contributed by atoms with Crippen LogP contribution in [0, 0.1) is 4.91 Å². The molecule has 1 heterocycles. The second kappa shape index (κ2) is 5.25. The minimum Gasteiger partial charge on any atom is -0.342 e. The maximum absolute atomic E-state index is 10.6. The van der Waals surface area contributed by atoms with Gasteiger partial charge in [-0.25, -0.2) is 0 Å². The van der Waals surface area contributed by atoms with Gasteiger partial charge in [0.2, 0.25) is 0 Å². The molecule has 0 unspecified atom stereocenters. The van der Waals surface area contributed by atoms with Gasteiger partial charge in [0.1, 0.15) is 5.70 Å². The summed E-state index contributed by atoms with van der Waals surface area (Å²) in [6.45, 7) is 2.47. The number of nitrogens with zero attached hydrogens (tertiary/aromatic N) is 2. The molecule has 0 fully saturated rings. The minimum atomic E-state index is 0.501. The lowest BCUT2D eigenvalue weighted by Crippen LogP contribution is -2.17. The highest BCUT2D eigenvalue weighted by Gasteiger charge is 2.10. The van der Waals surface area contributed by atoms with E-state index in [1.807, 2.05) is 47.5 Å². The lowest BCUT2D eigenvalue weighted by Gasteiger charge is -2.24. The molecule has 1 aliphatic heterocycles. The predicted molar refractivity (Wildman–Crippen MR) is 68.8 cm³/mol. The number of nitroso groups, excluding NO2 is 1. The van der Waals surface area contributed by atoms with Crippen molar-refractivity contribution in [2.24, 2.45) is 5.18 Å². The van der Waals surface area contributed by atoms with Crippen LogP contribution in [0.25, 0.3) is 0 Å². The van der Waals surface area contributed by atoms with Gasteiger partial charge in [-0.05, 0) is 29.8 Å². The average molecular weight is 226 g/mol. The summed E-state index contributed by atoms with van der Waals surface area (Å²) in [6.07, 6.45) is 7.71. The molecule has 17 heavy (non-hydrogen) atoms. The molecule has 2 rings (SSSR count). The third-order valence-corrected chi connectivity index (χ3v) is 2.64. The zero-order valence-corrected chi connectivity index (χ0v) is 9.71. The van der Waals surface area contributed by atoms with Gasteiger partial charge >= 0.3 is 0 Å². The molecular weight excluding hydrogens is 212 g/mol. The normalized spacial score (nSPS) is 17.1. The van der Waals surface area contributed by atoms with Crippen molar-refractivity contribution in [2.75, 3.05) is 0 Å². The van der Waals surface area contributed by atoms with Gasteiger partial charge in [-0.15, -0.1) is 4.91 Å². The van der Waals surface area contributed by atoms with E-state index < -0.39 is 0 Å². The number of hydrogen-bond acceptors (Lipinski definition) is 3. The third-order valence-electron chi connectivity index (χ3n) is 2.64. The lowest BCUT2D eigenvalue weighted by atomic mass is 10.1. The van der Waals surface area contributed by atoms with E-state index in [0.29, 0.717) is 5.70 Å². The Hall–Kier alpha value is -2.16. The zero-order valence-electron chi connectivity index (χ0n) is 9.71. The number of allylic oxidation sites excluding steroid dienone is 4. The topological polar surface area (TPSA) is 32.7 Å². The summed E-state index contributed by atoms with van der Waals surface area (Å²) >= 11 is 0. The van der Waals surface area contributed by atoms with Crippen molar-refractivity contribution in [2.45, 2.75) is 13.5 Å². The smallest absolute Gasteiger partial charge is 0.105 e. The van der Waals surface area contributed by atoms with Gasteiger partial charge in [0.05, 0.1) is 5.70 Å². The number of hydrogen-bond donors (Lipinski definition) is 0. The Bertz CT molecular complexity index is 486. The summed E-state index contributed by atoms with van der Waals surface area (Å²) in [4.78, 5) is 12.6. The Balaban J connectivity index is 2.23. The van der Waals surface area contributed by atoms with E-state index in [1.54, 1.807) is 6.92 Å². The first-order valence-electron chi connectivity index (χ1n) is 5.51. The van der Waals surface area contributed by atoms with Crippen LogP contribution in [0.3, 0.4) is 0 Å². The second-order valence-corrected chi connectivity index (χ2v) is 3.88. The number of benzene rings is 1. The van der Waals surface area contributed by atoms with E-state index in [9.17, 15) is 4.91 Å². The van der Waals surface area contributed by atoms with Gasteiger partial charge < -0.3 is 4.90 Å². The third kappa shape index (κ3) is 2.69. The lowest BCUT2D eigenvalue weighted by molar-refractivity contribution is 0.464. The molecule has 0 aromatic heterocycles. The summed E-state index contributed by atoms with van der Waals surface area (Å²) in [5.41, 5.74) is 2.55. The van der Waals surface area contributed by atoms with Crippen LogP contribution in [0.1, 0.15) is 12.5 Å². The summed E-state index contributed by atoms with van der Waals surface area (Å²) in [5.74, 6) is 0. The van der Waals surface area contributed by atoms with Gasteiger partial charge in [-0.3, -0.25) is 0 Å². The summed E-state index contributed by atoms with van der Waals surface area (Å²) in [7, 11) is 0. The van der Waals surface area contributed by atoms with Crippen LogP contribution in [0.2, 0.25) is 0 Å².